The van der Waals surface area contributed by atoms with E-state index in [0.717, 1.165) is 18.4 Å². The van der Waals surface area contributed by atoms with Crippen LogP contribution in [0.5, 0.6) is 0 Å². The van der Waals surface area contributed by atoms with Crippen molar-refractivity contribution in [2.45, 2.75) is 32.8 Å². The van der Waals surface area contributed by atoms with Crippen LogP contribution in [0.2, 0.25) is 10.0 Å². The molecule has 1 atom stereocenters. The minimum Gasteiger partial charge on any atom is -0.449 e. The summed E-state index contributed by atoms with van der Waals surface area (Å²) in [4.78, 5) is 13.6. The molecule has 0 radical (unpaired) electrons. The van der Waals surface area contributed by atoms with Crippen LogP contribution in [-0.2, 0) is 4.74 Å². The highest BCUT2D eigenvalue weighted by Gasteiger charge is 2.29. The van der Waals surface area contributed by atoms with E-state index in [-0.39, 0.29) is 12.0 Å². The predicted molar refractivity (Wildman–Crippen MR) is 91.9 cm³/mol. The minimum atomic E-state index is -0.599. The van der Waals surface area contributed by atoms with E-state index in [1.807, 2.05) is 13.8 Å². The summed E-state index contributed by atoms with van der Waals surface area (Å²) in [7, 11) is 0. The van der Waals surface area contributed by atoms with E-state index >= 15 is 0 Å². The lowest BCUT2D eigenvalue weighted by Gasteiger charge is -2.34. The van der Waals surface area contributed by atoms with Crippen molar-refractivity contribution in [2.75, 3.05) is 19.7 Å². The molecule has 1 fully saturated rings. The number of carbonyl (C=O) groups is 1. The fourth-order valence-corrected chi connectivity index (χ4v) is 3.00. The molecule has 0 saturated carbocycles. The van der Waals surface area contributed by atoms with Crippen molar-refractivity contribution in [3.8, 4) is 0 Å². The smallest absolute Gasteiger partial charge is 0.409 e. The quantitative estimate of drug-likeness (QED) is 0.858. The fourth-order valence-electron chi connectivity index (χ4n) is 2.70. The molecule has 1 saturated heterocycles. The Labute approximate surface area is 147 Å². The highest BCUT2D eigenvalue weighted by molar-refractivity contribution is 6.42. The molecule has 1 unspecified atom stereocenters. The highest BCUT2D eigenvalue weighted by Crippen LogP contribution is 2.33. The molecule has 1 N–H and O–H groups in total. The zero-order chi connectivity index (χ0) is 17.0. The van der Waals surface area contributed by atoms with Gasteiger partial charge in [0.1, 0.15) is 0 Å². The lowest BCUT2D eigenvalue weighted by molar-refractivity contribution is 0.0440. The van der Waals surface area contributed by atoms with E-state index in [9.17, 15) is 9.90 Å². The molecule has 1 amide bonds. The predicted octanol–water partition coefficient (Wildman–Crippen LogP) is 4.53. The van der Waals surface area contributed by atoms with Crippen LogP contribution in [0.15, 0.2) is 18.2 Å². The molecule has 1 heterocycles. The minimum absolute atomic E-state index is 0.0985. The fraction of sp³-hybridized carbons (Fsp3) is 0.588. The van der Waals surface area contributed by atoms with Gasteiger partial charge in [0.05, 0.1) is 22.8 Å². The van der Waals surface area contributed by atoms with Gasteiger partial charge in [0, 0.05) is 13.1 Å². The van der Waals surface area contributed by atoms with Gasteiger partial charge >= 0.3 is 6.09 Å². The van der Waals surface area contributed by atoms with Gasteiger partial charge in [0.25, 0.3) is 0 Å². The van der Waals surface area contributed by atoms with Crippen LogP contribution in [0.25, 0.3) is 0 Å². The molecule has 128 valence electrons. The van der Waals surface area contributed by atoms with Crippen LogP contribution in [0, 0.1) is 11.8 Å². The van der Waals surface area contributed by atoms with Crippen molar-refractivity contribution in [2.24, 2.45) is 11.8 Å². The average Bonchev–Trinajstić information content (AvgIpc) is 2.54. The number of halogens is 2. The van der Waals surface area contributed by atoms with E-state index < -0.39 is 6.10 Å². The highest BCUT2D eigenvalue weighted by atomic mass is 35.5. The third-order valence-electron chi connectivity index (χ3n) is 4.07. The van der Waals surface area contributed by atoms with E-state index in [1.165, 1.54) is 0 Å². The number of carbonyl (C=O) groups excluding carboxylic acids is 1. The third-order valence-corrected chi connectivity index (χ3v) is 4.81. The summed E-state index contributed by atoms with van der Waals surface area (Å²) >= 11 is 11.9. The van der Waals surface area contributed by atoms with Gasteiger partial charge in [-0.25, -0.2) is 4.79 Å². The molecule has 6 heteroatoms. The van der Waals surface area contributed by atoms with Crippen LogP contribution in [0.4, 0.5) is 4.79 Å². The molecular weight excluding hydrogens is 337 g/mol. The van der Waals surface area contributed by atoms with Gasteiger partial charge in [0.2, 0.25) is 0 Å². The number of benzene rings is 1. The number of piperidine rings is 1. The Hall–Kier alpha value is -0.970. The van der Waals surface area contributed by atoms with Crippen molar-refractivity contribution in [1.29, 1.82) is 0 Å². The first-order chi connectivity index (χ1) is 10.9. The Morgan fingerprint density at radius 3 is 2.52 bits per heavy atom. The molecule has 0 spiro atoms. The molecule has 0 bridgehead atoms. The Bertz CT molecular complexity index is 543. The average molecular weight is 360 g/mol. The molecule has 0 aromatic heterocycles. The van der Waals surface area contributed by atoms with E-state index in [1.54, 1.807) is 23.1 Å². The van der Waals surface area contributed by atoms with Gasteiger partial charge in [-0.15, -0.1) is 0 Å². The number of hydrogen-bond donors (Lipinski definition) is 1. The molecule has 0 aliphatic carbocycles. The summed E-state index contributed by atoms with van der Waals surface area (Å²) in [6.45, 7) is 5.64. The molecule has 1 aliphatic rings. The number of aliphatic hydroxyl groups excluding tert-OH is 1. The summed E-state index contributed by atoms with van der Waals surface area (Å²) in [5, 5.41) is 11.4. The largest absolute Gasteiger partial charge is 0.449 e. The van der Waals surface area contributed by atoms with Crippen LogP contribution < -0.4 is 0 Å². The first kappa shape index (κ1) is 18.4. The molecule has 2 rings (SSSR count). The second-order valence-corrected chi connectivity index (χ2v) is 7.23. The normalized spacial score (nSPS) is 17.4. The summed E-state index contributed by atoms with van der Waals surface area (Å²) < 4.78 is 5.24. The van der Waals surface area contributed by atoms with Gasteiger partial charge in [-0.2, -0.15) is 0 Å². The van der Waals surface area contributed by atoms with Gasteiger partial charge in [-0.05, 0) is 42.4 Å². The summed E-state index contributed by atoms with van der Waals surface area (Å²) in [5.74, 6) is 0.425. The van der Waals surface area contributed by atoms with Crippen LogP contribution >= 0.6 is 23.2 Å². The Kier molecular flexibility index (Phi) is 6.57. The SMILES string of the molecule is CC(C)COC(=O)N1CCC(C(O)c2ccc(Cl)c(Cl)c2)CC1. The maximum absolute atomic E-state index is 11.9. The van der Waals surface area contributed by atoms with Crippen molar-refractivity contribution < 1.29 is 14.6 Å². The first-order valence-corrected chi connectivity index (χ1v) is 8.68. The molecule has 1 aliphatic heterocycles. The summed E-state index contributed by atoms with van der Waals surface area (Å²) in [6.07, 6.45) is 0.607. The first-order valence-electron chi connectivity index (χ1n) is 7.93. The lowest BCUT2D eigenvalue weighted by atomic mass is 9.87. The number of ether oxygens (including phenoxy) is 1. The van der Waals surface area contributed by atoms with Gasteiger partial charge < -0.3 is 14.7 Å². The number of nitrogens with zero attached hydrogens (tertiary/aromatic N) is 1. The van der Waals surface area contributed by atoms with Gasteiger partial charge in [-0.1, -0.05) is 43.1 Å². The number of aliphatic hydroxyl groups is 1. The second-order valence-electron chi connectivity index (χ2n) is 6.41. The zero-order valence-corrected chi connectivity index (χ0v) is 15.0. The Balaban J connectivity index is 1.88. The van der Waals surface area contributed by atoms with Gasteiger partial charge in [-0.3, -0.25) is 0 Å². The van der Waals surface area contributed by atoms with Crippen molar-refractivity contribution in [3.05, 3.63) is 33.8 Å². The third kappa shape index (κ3) is 5.00. The van der Waals surface area contributed by atoms with Crippen molar-refractivity contribution >= 4 is 29.3 Å². The van der Waals surface area contributed by atoms with Gasteiger partial charge in [0.15, 0.2) is 0 Å². The summed E-state index contributed by atoms with van der Waals surface area (Å²) in [5.41, 5.74) is 0.764. The number of rotatable bonds is 4. The number of likely N-dealkylation sites (tertiary alicyclic amines) is 1. The molecule has 4 nitrogen and oxygen atoms in total. The maximum Gasteiger partial charge on any atom is 0.409 e. The molecule has 1 aromatic rings. The Morgan fingerprint density at radius 2 is 1.96 bits per heavy atom. The van der Waals surface area contributed by atoms with Crippen LogP contribution in [0.3, 0.4) is 0 Å². The topological polar surface area (TPSA) is 49.8 Å². The van der Waals surface area contributed by atoms with Crippen molar-refractivity contribution in [3.63, 3.8) is 0 Å². The van der Waals surface area contributed by atoms with Crippen LogP contribution in [0.1, 0.15) is 38.4 Å². The molecular formula is C17H23Cl2NO3. The lowest BCUT2D eigenvalue weighted by Crippen LogP contribution is -2.40. The number of hydrogen-bond acceptors (Lipinski definition) is 3. The standard InChI is InChI=1S/C17H23Cl2NO3/c1-11(2)10-23-17(22)20-7-5-12(6-8-20)16(21)13-3-4-14(18)15(19)9-13/h3-4,9,11-12,16,21H,5-8,10H2,1-2H3. The monoisotopic (exact) mass is 359 g/mol. The summed E-state index contributed by atoms with van der Waals surface area (Å²) in [6, 6.07) is 5.20. The van der Waals surface area contributed by atoms with E-state index in [0.29, 0.717) is 35.7 Å². The Morgan fingerprint density at radius 1 is 1.30 bits per heavy atom. The van der Waals surface area contributed by atoms with Crippen molar-refractivity contribution in [1.82, 2.24) is 4.90 Å². The molecule has 1 aromatic carbocycles. The maximum atomic E-state index is 11.9. The second kappa shape index (κ2) is 8.22. The van der Waals surface area contributed by atoms with E-state index in [4.69, 9.17) is 27.9 Å². The molecule has 23 heavy (non-hydrogen) atoms. The van der Waals surface area contributed by atoms with E-state index in [2.05, 4.69) is 0 Å². The zero-order valence-electron chi connectivity index (χ0n) is 13.5. The van der Waals surface area contributed by atoms with Crippen LogP contribution in [-0.4, -0.2) is 35.8 Å². The number of amides is 1.